The summed E-state index contributed by atoms with van der Waals surface area (Å²) in [4.78, 5) is 21.0. The van der Waals surface area contributed by atoms with Crippen LogP contribution < -0.4 is 10.1 Å². The van der Waals surface area contributed by atoms with E-state index in [-0.39, 0.29) is 11.7 Å². The van der Waals surface area contributed by atoms with E-state index in [4.69, 9.17) is 4.74 Å². The van der Waals surface area contributed by atoms with Crippen molar-refractivity contribution < 1.29 is 13.9 Å². The van der Waals surface area contributed by atoms with Gasteiger partial charge >= 0.3 is 0 Å². The van der Waals surface area contributed by atoms with Gasteiger partial charge in [-0.3, -0.25) is 4.79 Å². The van der Waals surface area contributed by atoms with E-state index in [1.165, 1.54) is 12.1 Å². The lowest BCUT2D eigenvalue weighted by Crippen LogP contribution is -2.11. The highest BCUT2D eigenvalue weighted by atomic mass is 79.9. The first kappa shape index (κ1) is 19.7. The number of carbonyl (C=O) groups is 1. The lowest BCUT2D eigenvalue weighted by atomic mass is 10.2. The normalized spacial score (nSPS) is 10.5. The van der Waals surface area contributed by atoms with Crippen LogP contribution in [0.5, 0.6) is 11.6 Å². The largest absolute Gasteiger partial charge is 0.439 e. The van der Waals surface area contributed by atoms with Crippen LogP contribution in [0.4, 0.5) is 10.1 Å². The Morgan fingerprint density at radius 2 is 1.73 bits per heavy atom. The molecule has 1 amide bonds. The van der Waals surface area contributed by atoms with Crippen LogP contribution in [0.2, 0.25) is 0 Å². The number of benzene rings is 3. The summed E-state index contributed by atoms with van der Waals surface area (Å²) in [6.07, 6.45) is 1.57. The summed E-state index contributed by atoms with van der Waals surface area (Å²) in [6.45, 7) is 0. The lowest BCUT2D eigenvalue weighted by Gasteiger charge is -2.08. The van der Waals surface area contributed by atoms with Gasteiger partial charge in [-0.2, -0.15) is 4.98 Å². The van der Waals surface area contributed by atoms with E-state index in [2.05, 4.69) is 31.2 Å². The molecule has 0 bridgehead atoms. The van der Waals surface area contributed by atoms with E-state index >= 15 is 0 Å². The Kier molecular flexibility index (Phi) is 5.81. The first-order valence-electron chi connectivity index (χ1n) is 9.01. The second kappa shape index (κ2) is 8.84. The fourth-order valence-electron chi connectivity index (χ4n) is 2.70. The summed E-state index contributed by atoms with van der Waals surface area (Å²) in [6, 6.07) is 21.6. The molecule has 0 atom stereocenters. The Morgan fingerprint density at radius 3 is 2.47 bits per heavy atom. The van der Waals surface area contributed by atoms with Crippen LogP contribution in [0.1, 0.15) is 10.4 Å². The predicted molar refractivity (Wildman–Crippen MR) is 116 cm³/mol. The highest BCUT2D eigenvalue weighted by Crippen LogP contribution is 2.23. The lowest BCUT2D eigenvalue weighted by molar-refractivity contribution is 0.102. The number of carbonyl (C=O) groups excluding carboxylic acids is 1. The molecule has 4 rings (SSSR count). The van der Waals surface area contributed by atoms with E-state index in [0.29, 0.717) is 34.3 Å². The Hall–Kier alpha value is -3.58. The molecule has 0 aliphatic rings. The molecule has 0 spiro atoms. The first-order valence-corrected chi connectivity index (χ1v) is 9.80. The van der Waals surface area contributed by atoms with Crippen LogP contribution in [-0.4, -0.2) is 15.9 Å². The molecule has 5 nitrogen and oxygen atoms in total. The van der Waals surface area contributed by atoms with Crippen molar-refractivity contribution in [3.8, 4) is 23.0 Å². The fraction of sp³-hybridized carbons (Fsp3) is 0. The molecule has 1 aromatic heterocycles. The number of hydrogen-bond donors (Lipinski definition) is 1. The van der Waals surface area contributed by atoms with Gasteiger partial charge in [-0.25, -0.2) is 9.37 Å². The van der Waals surface area contributed by atoms with Crippen molar-refractivity contribution in [3.63, 3.8) is 0 Å². The van der Waals surface area contributed by atoms with Gasteiger partial charge < -0.3 is 10.1 Å². The summed E-state index contributed by atoms with van der Waals surface area (Å²) in [5, 5.41) is 2.84. The maximum atomic E-state index is 13.1. The maximum Gasteiger partial charge on any atom is 0.255 e. The van der Waals surface area contributed by atoms with Crippen LogP contribution >= 0.6 is 15.9 Å². The van der Waals surface area contributed by atoms with Gasteiger partial charge in [-0.1, -0.05) is 22.0 Å². The molecule has 0 fully saturated rings. The van der Waals surface area contributed by atoms with Gasteiger partial charge in [0.05, 0.1) is 0 Å². The zero-order chi connectivity index (χ0) is 20.9. The van der Waals surface area contributed by atoms with Gasteiger partial charge in [0.25, 0.3) is 5.91 Å². The number of anilines is 1. The van der Waals surface area contributed by atoms with Crippen molar-refractivity contribution in [3.05, 3.63) is 101 Å². The van der Waals surface area contributed by atoms with E-state index < -0.39 is 0 Å². The molecule has 0 aliphatic carbocycles. The van der Waals surface area contributed by atoms with Crippen molar-refractivity contribution in [1.82, 2.24) is 9.97 Å². The molecule has 1 heterocycles. The smallest absolute Gasteiger partial charge is 0.255 e. The molecule has 7 heteroatoms. The molecule has 3 aromatic carbocycles. The van der Waals surface area contributed by atoms with E-state index in [1.807, 2.05) is 24.3 Å². The predicted octanol–water partition coefficient (Wildman–Crippen LogP) is 6.09. The Balaban J connectivity index is 1.45. The third kappa shape index (κ3) is 4.87. The molecule has 0 aliphatic heterocycles. The van der Waals surface area contributed by atoms with Crippen LogP contribution in [0.15, 0.2) is 89.5 Å². The number of ether oxygens (including phenoxy) is 1. The summed E-state index contributed by atoms with van der Waals surface area (Å²) in [7, 11) is 0. The van der Waals surface area contributed by atoms with Gasteiger partial charge in [-0.15, -0.1) is 0 Å². The minimum absolute atomic E-state index is 0.222. The quantitative estimate of drug-likeness (QED) is 0.388. The van der Waals surface area contributed by atoms with Crippen LogP contribution in [0.3, 0.4) is 0 Å². The van der Waals surface area contributed by atoms with Gasteiger partial charge in [0.2, 0.25) is 5.88 Å². The first-order chi connectivity index (χ1) is 14.6. The molecule has 0 saturated heterocycles. The molecular weight excluding hydrogens is 449 g/mol. The molecule has 4 aromatic rings. The fourth-order valence-corrected chi connectivity index (χ4v) is 3.10. The van der Waals surface area contributed by atoms with Gasteiger partial charge in [-0.05, 0) is 66.7 Å². The average molecular weight is 464 g/mol. The Bertz CT molecular complexity index is 1180. The number of aromatic nitrogens is 2. The van der Waals surface area contributed by atoms with Gasteiger partial charge in [0.1, 0.15) is 11.6 Å². The molecule has 0 radical (unpaired) electrons. The van der Waals surface area contributed by atoms with Crippen LogP contribution in [0.25, 0.3) is 11.4 Å². The number of amides is 1. The minimum Gasteiger partial charge on any atom is -0.439 e. The zero-order valence-electron chi connectivity index (χ0n) is 15.5. The van der Waals surface area contributed by atoms with Crippen molar-refractivity contribution >= 4 is 27.5 Å². The molecule has 30 heavy (non-hydrogen) atoms. The third-order valence-corrected chi connectivity index (χ3v) is 4.65. The number of nitrogens with one attached hydrogen (secondary N) is 1. The number of hydrogen-bond acceptors (Lipinski definition) is 4. The van der Waals surface area contributed by atoms with Crippen molar-refractivity contribution in [1.29, 1.82) is 0 Å². The third-order valence-electron chi connectivity index (χ3n) is 4.15. The Morgan fingerprint density at radius 1 is 0.967 bits per heavy atom. The average Bonchev–Trinajstić information content (AvgIpc) is 2.75. The van der Waals surface area contributed by atoms with E-state index in [9.17, 15) is 9.18 Å². The molecular formula is C23H15BrFN3O2. The standard InChI is InChI=1S/C23H15BrFN3O2/c24-17-2-1-3-19(14-17)27-23(29)16-6-10-20(11-7-16)30-21-12-13-26-22(28-21)15-4-8-18(25)9-5-15/h1-14H,(H,27,29). The molecule has 1 N–H and O–H groups in total. The van der Waals surface area contributed by atoms with E-state index in [0.717, 1.165) is 4.47 Å². The van der Waals surface area contributed by atoms with Gasteiger partial charge in [0.15, 0.2) is 5.82 Å². The maximum absolute atomic E-state index is 13.1. The molecule has 0 unspecified atom stereocenters. The topological polar surface area (TPSA) is 64.1 Å². The van der Waals surface area contributed by atoms with Crippen molar-refractivity contribution in [2.75, 3.05) is 5.32 Å². The summed E-state index contributed by atoms with van der Waals surface area (Å²) in [5.74, 6) is 0.751. The van der Waals surface area contributed by atoms with Crippen LogP contribution in [0, 0.1) is 5.82 Å². The van der Waals surface area contributed by atoms with Crippen molar-refractivity contribution in [2.45, 2.75) is 0 Å². The minimum atomic E-state index is -0.324. The van der Waals surface area contributed by atoms with Crippen molar-refractivity contribution in [2.24, 2.45) is 0 Å². The molecule has 0 saturated carbocycles. The molecule has 148 valence electrons. The zero-order valence-corrected chi connectivity index (χ0v) is 17.1. The highest BCUT2D eigenvalue weighted by Gasteiger charge is 2.08. The monoisotopic (exact) mass is 463 g/mol. The second-order valence-electron chi connectivity index (χ2n) is 6.32. The highest BCUT2D eigenvalue weighted by molar-refractivity contribution is 9.10. The second-order valence-corrected chi connectivity index (χ2v) is 7.23. The van der Waals surface area contributed by atoms with Gasteiger partial charge in [0, 0.05) is 33.6 Å². The SMILES string of the molecule is O=C(Nc1cccc(Br)c1)c1ccc(Oc2ccnc(-c3ccc(F)cc3)n2)cc1. The Labute approximate surface area is 180 Å². The summed E-state index contributed by atoms with van der Waals surface area (Å²) in [5.41, 5.74) is 1.88. The number of nitrogens with zero attached hydrogens (tertiary/aromatic N) is 2. The summed E-state index contributed by atoms with van der Waals surface area (Å²) >= 11 is 3.38. The number of halogens is 2. The van der Waals surface area contributed by atoms with Crippen LogP contribution in [-0.2, 0) is 0 Å². The van der Waals surface area contributed by atoms with E-state index in [1.54, 1.807) is 48.7 Å². The summed E-state index contributed by atoms with van der Waals surface area (Å²) < 4.78 is 19.8. The number of rotatable bonds is 5.